The molecule has 5 nitrogen and oxygen atoms in total. The van der Waals surface area contributed by atoms with Gasteiger partial charge >= 0.3 is 0 Å². The third kappa shape index (κ3) is 2.10. The van der Waals surface area contributed by atoms with Crippen molar-refractivity contribution < 1.29 is 0 Å². The monoisotopic (exact) mass is 285 g/mol. The number of fused-ring (bicyclic) bond motifs is 1. The Hall–Kier alpha value is -1.79. The Balaban J connectivity index is 1.61. The van der Waals surface area contributed by atoms with Gasteiger partial charge in [-0.3, -0.25) is 0 Å². The fourth-order valence-corrected chi connectivity index (χ4v) is 3.19. The van der Waals surface area contributed by atoms with Crippen LogP contribution >= 0.6 is 11.3 Å². The second-order valence-electron chi connectivity index (χ2n) is 5.26. The van der Waals surface area contributed by atoms with Gasteiger partial charge in [0, 0.05) is 5.92 Å². The number of rotatable bonds is 4. The minimum Gasteiger partial charge on any atom is -0.322 e. The molecule has 1 aromatic carbocycles. The molecule has 0 spiro atoms. The molecule has 1 fully saturated rings. The molecule has 0 aliphatic heterocycles. The van der Waals surface area contributed by atoms with E-state index in [1.165, 1.54) is 18.4 Å². The quantitative estimate of drug-likeness (QED) is 0.798. The number of benzene rings is 1. The van der Waals surface area contributed by atoms with E-state index in [9.17, 15) is 0 Å². The van der Waals surface area contributed by atoms with E-state index < -0.39 is 0 Å². The van der Waals surface area contributed by atoms with Gasteiger partial charge in [0.15, 0.2) is 5.82 Å². The molecule has 1 saturated carbocycles. The van der Waals surface area contributed by atoms with E-state index >= 15 is 0 Å². The van der Waals surface area contributed by atoms with Gasteiger partial charge in [-0.25, -0.2) is 0 Å². The van der Waals surface area contributed by atoms with Gasteiger partial charge in [-0.1, -0.05) is 41.7 Å². The Bertz CT molecular complexity index is 728. The predicted octanol–water partition coefficient (Wildman–Crippen LogP) is 2.31. The maximum atomic E-state index is 6.28. The van der Waals surface area contributed by atoms with Crippen LogP contribution < -0.4 is 5.73 Å². The van der Waals surface area contributed by atoms with Crippen LogP contribution in [0.4, 0.5) is 0 Å². The topological polar surface area (TPSA) is 69.1 Å². The Morgan fingerprint density at radius 1 is 1.25 bits per heavy atom. The standard InChI is InChI=1S/C14H15N5S/c15-11(8-9-4-2-1-3-5-9)13-18-19-12(10-6-7-10)16-17-14(19)20-13/h1-5,10-11H,6-8,15H2. The highest BCUT2D eigenvalue weighted by Gasteiger charge is 2.30. The summed E-state index contributed by atoms with van der Waals surface area (Å²) in [6, 6.07) is 10.2. The van der Waals surface area contributed by atoms with Crippen LogP contribution in [0.25, 0.3) is 4.96 Å². The van der Waals surface area contributed by atoms with Crippen LogP contribution in [-0.2, 0) is 6.42 Å². The SMILES string of the molecule is NC(Cc1ccccc1)c1nn2c(C3CC3)nnc2s1. The Morgan fingerprint density at radius 2 is 2.05 bits per heavy atom. The van der Waals surface area contributed by atoms with E-state index in [0.29, 0.717) is 5.92 Å². The third-order valence-corrected chi connectivity index (χ3v) is 4.62. The van der Waals surface area contributed by atoms with Crippen molar-refractivity contribution >= 4 is 16.3 Å². The molecule has 4 rings (SSSR count). The van der Waals surface area contributed by atoms with Crippen LogP contribution in [0.2, 0.25) is 0 Å². The summed E-state index contributed by atoms with van der Waals surface area (Å²) in [7, 11) is 0. The van der Waals surface area contributed by atoms with Crippen molar-refractivity contribution in [2.75, 3.05) is 0 Å². The Kier molecular flexibility index (Phi) is 2.78. The lowest BCUT2D eigenvalue weighted by Crippen LogP contribution is -2.13. The lowest BCUT2D eigenvalue weighted by atomic mass is 10.1. The van der Waals surface area contributed by atoms with Crippen molar-refractivity contribution in [2.45, 2.75) is 31.2 Å². The summed E-state index contributed by atoms with van der Waals surface area (Å²) in [5, 5.41) is 14.0. The predicted molar refractivity (Wildman–Crippen MR) is 77.7 cm³/mol. The molecule has 2 heterocycles. The van der Waals surface area contributed by atoms with E-state index in [1.54, 1.807) is 11.3 Å². The number of hydrogen-bond donors (Lipinski definition) is 1. The lowest BCUT2D eigenvalue weighted by Gasteiger charge is -2.07. The van der Waals surface area contributed by atoms with Gasteiger partial charge in [0.1, 0.15) is 5.01 Å². The van der Waals surface area contributed by atoms with Crippen LogP contribution in [0.5, 0.6) is 0 Å². The zero-order valence-electron chi connectivity index (χ0n) is 10.9. The van der Waals surface area contributed by atoms with Gasteiger partial charge in [-0.2, -0.15) is 9.61 Å². The van der Waals surface area contributed by atoms with Crippen LogP contribution in [-0.4, -0.2) is 19.8 Å². The molecule has 2 N–H and O–H groups in total. The highest BCUT2D eigenvalue weighted by atomic mass is 32.1. The first kappa shape index (κ1) is 12.0. The average Bonchev–Trinajstić information content (AvgIpc) is 3.08. The lowest BCUT2D eigenvalue weighted by molar-refractivity contribution is 0.686. The van der Waals surface area contributed by atoms with Gasteiger partial charge in [0.2, 0.25) is 4.96 Å². The molecule has 1 atom stereocenters. The minimum absolute atomic E-state index is 0.0869. The molecular formula is C14H15N5S. The Morgan fingerprint density at radius 3 is 2.80 bits per heavy atom. The summed E-state index contributed by atoms with van der Waals surface area (Å²) in [5.41, 5.74) is 7.51. The van der Waals surface area contributed by atoms with Crippen LogP contribution in [0, 0.1) is 0 Å². The maximum absolute atomic E-state index is 6.28. The van der Waals surface area contributed by atoms with Gasteiger partial charge in [-0.05, 0) is 24.8 Å². The summed E-state index contributed by atoms with van der Waals surface area (Å²) in [6.45, 7) is 0. The first-order valence-electron chi connectivity index (χ1n) is 6.83. The van der Waals surface area contributed by atoms with E-state index in [4.69, 9.17) is 5.73 Å². The van der Waals surface area contributed by atoms with Crippen molar-refractivity contribution in [1.29, 1.82) is 0 Å². The maximum Gasteiger partial charge on any atom is 0.234 e. The highest BCUT2D eigenvalue weighted by molar-refractivity contribution is 7.16. The summed E-state index contributed by atoms with van der Waals surface area (Å²) >= 11 is 1.54. The minimum atomic E-state index is -0.0869. The molecule has 6 heteroatoms. The summed E-state index contributed by atoms with van der Waals surface area (Å²) in [5.74, 6) is 1.54. The number of aromatic nitrogens is 4. The van der Waals surface area contributed by atoms with Crippen molar-refractivity contribution in [3.63, 3.8) is 0 Å². The molecule has 2 aromatic heterocycles. The van der Waals surface area contributed by atoms with E-state index in [1.807, 2.05) is 22.7 Å². The van der Waals surface area contributed by atoms with Crippen molar-refractivity contribution in [1.82, 2.24) is 19.8 Å². The van der Waals surface area contributed by atoms with Crippen LogP contribution in [0.15, 0.2) is 30.3 Å². The van der Waals surface area contributed by atoms with Crippen molar-refractivity contribution in [3.05, 3.63) is 46.7 Å². The summed E-state index contributed by atoms with van der Waals surface area (Å²) in [6.07, 6.45) is 3.19. The van der Waals surface area contributed by atoms with Crippen molar-refractivity contribution in [3.8, 4) is 0 Å². The fourth-order valence-electron chi connectivity index (χ4n) is 2.35. The van der Waals surface area contributed by atoms with Gasteiger partial charge < -0.3 is 5.73 Å². The molecule has 0 amide bonds. The molecule has 102 valence electrons. The second-order valence-corrected chi connectivity index (χ2v) is 6.25. The molecule has 1 aliphatic rings. The third-order valence-electron chi connectivity index (χ3n) is 3.59. The fraction of sp³-hybridized carbons (Fsp3) is 0.357. The largest absolute Gasteiger partial charge is 0.322 e. The van der Waals surface area contributed by atoms with Crippen LogP contribution in [0.1, 0.15) is 41.2 Å². The van der Waals surface area contributed by atoms with Gasteiger partial charge in [-0.15, -0.1) is 10.2 Å². The molecule has 0 radical (unpaired) electrons. The van der Waals surface area contributed by atoms with Crippen LogP contribution in [0.3, 0.4) is 0 Å². The van der Waals surface area contributed by atoms with Gasteiger partial charge in [0.25, 0.3) is 0 Å². The average molecular weight is 285 g/mol. The van der Waals surface area contributed by atoms with E-state index in [0.717, 1.165) is 22.2 Å². The second kappa shape index (κ2) is 4.64. The van der Waals surface area contributed by atoms with Crippen molar-refractivity contribution in [2.24, 2.45) is 5.73 Å². The number of nitrogens with two attached hydrogens (primary N) is 1. The first-order chi connectivity index (χ1) is 9.81. The molecule has 1 aliphatic carbocycles. The van der Waals surface area contributed by atoms with E-state index in [2.05, 4.69) is 27.4 Å². The molecule has 20 heavy (non-hydrogen) atoms. The number of hydrogen-bond acceptors (Lipinski definition) is 5. The Labute approximate surface area is 120 Å². The normalized spacial score (nSPS) is 16.6. The molecule has 1 unspecified atom stereocenters. The van der Waals surface area contributed by atoms with E-state index in [-0.39, 0.29) is 6.04 Å². The summed E-state index contributed by atoms with van der Waals surface area (Å²) in [4.78, 5) is 0.852. The molecule has 3 aromatic rings. The summed E-state index contributed by atoms with van der Waals surface area (Å²) < 4.78 is 1.88. The molecule has 0 bridgehead atoms. The zero-order chi connectivity index (χ0) is 13.5. The smallest absolute Gasteiger partial charge is 0.234 e. The first-order valence-corrected chi connectivity index (χ1v) is 7.64. The highest BCUT2D eigenvalue weighted by Crippen LogP contribution is 2.39. The molecular weight excluding hydrogens is 270 g/mol. The zero-order valence-corrected chi connectivity index (χ0v) is 11.8. The number of nitrogens with zero attached hydrogens (tertiary/aromatic N) is 4. The molecule has 0 saturated heterocycles. The van der Waals surface area contributed by atoms with Gasteiger partial charge in [0.05, 0.1) is 6.04 Å².